The van der Waals surface area contributed by atoms with Gasteiger partial charge in [-0.15, -0.1) is 0 Å². The number of hydrogen-bond donors (Lipinski definition) is 1. The molecule has 0 fully saturated rings. The third-order valence-electron chi connectivity index (χ3n) is 1.85. The molecule has 86 valence electrons. The summed E-state index contributed by atoms with van der Waals surface area (Å²) in [6, 6.07) is 1.65. The van der Waals surface area contributed by atoms with Crippen molar-refractivity contribution >= 4 is 29.3 Å². The van der Waals surface area contributed by atoms with Gasteiger partial charge in [0.15, 0.2) is 0 Å². The number of aromatic nitrogens is 1. The van der Waals surface area contributed by atoms with E-state index in [9.17, 15) is 4.79 Å². The number of nitrogens with zero attached hydrogens (tertiary/aromatic N) is 1. The fraction of sp³-hybridized carbons (Fsp3) is 0.273. The maximum atomic E-state index is 11.0. The van der Waals surface area contributed by atoms with Crippen molar-refractivity contribution in [2.24, 2.45) is 0 Å². The van der Waals surface area contributed by atoms with Crippen LogP contribution in [0.15, 0.2) is 18.3 Å². The number of ether oxygens (including phenoxy) is 1. The van der Waals surface area contributed by atoms with Crippen molar-refractivity contribution in [2.45, 2.75) is 13.3 Å². The van der Waals surface area contributed by atoms with Crippen molar-refractivity contribution in [1.29, 1.82) is 0 Å². The molecule has 0 aliphatic heterocycles. The lowest BCUT2D eigenvalue weighted by Gasteiger charge is -2.01. The van der Waals surface area contributed by atoms with E-state index >= 15 is 0 Å². The minimum atomic E-state index is -0.280. The van der Waals surface area contributed by atoms with E-state index in [-0.39, 0.29) is 12.4 Å². The molecule has 0 aliphatic carbocycles. The molecule has 2 N–H and O–H groups in total. The number of nitrogens with two attached hydrogens (primary N) is 1. The van der Waals surface area contributed by atoms with Crippen LogP contribution >= 0.6 is 11.6 Å². The predicted octanol–water partition coefficient (Wildman–Crippen LogP) is 2.28. The van der Waals surface area contributed by atoms with Crippen molar-refractivity contribution in [1.82, 2.24) is 4.98 Å². The first-order valence-corrected chi connectivity index (χ1v) is 5.25. The van der Waals surface area contributed by atoms with E-state index in [4.69, 9.17) is 22.1 Å². The van der Waals surface area contributed by atoms with Crippen LogP contribution in [0.2, 0.25) is 5.15 Å². The quantitative estimate of drug-likeness (QED) is 0.648. The Bertz CT molecular complexity index is 385. The van der Waals surface area contributed by atoms with Crippen LogP contribution in [0, 0.1) is 0 Å². The topological polar surface area (TPSA) is 65.2 Å². The Kier molecular flexibility index (Phi) is 4.79. The van der Waals surface area contributed by atoms with Gasteiger partial charge in [0.1, 0.15) is 5.15 Å². The summed E-state index contributed by atoms with van der Waals surface area (Å²) in [7, 11) is 0. The van der Waals surface area contributed by atoms with Crippen molar-refractivity contribution in [3.8, 4) is 0 Å². The third-order valence-corrected chi connectivity index (χ3v) is 2.15. The summed E-state index contributed by atoms with van der Waals surface area (Å²) in [4.78, 5) is 14.9. The Hall–Kier alpha value is -1.55. The van der Waals surface area contributed by atoms with E-state index in [0.29, 0.717) is 23.0 Å². The second-order valence-electron chi connectivity index (χ2n) is 3.02. The summed E-state index contributed by atoms with van der Waals surface area (Å²) in [5, 5.41) is 0.320. The fourth-order valence-electron chi connectivity index (χ4n) is 1.12. The molecule has 0 unspecified atom stereocenters. The Morgan fingerprint density at radius 3 is 3.06 bits per heavy atom. The summed E-state index contributed by atoms with van der Waals surface area (Å²) < 4.78 is 4.77. The number of rotatable bonds is 4. The van der Waals surface area contributed by atoms with Crippen LogP contribution in [-0.4, -0.2) is 17.6 Å². The molecule has 0 bridgehead atoms. The first kappa shape index (κ1) is 12.5. The van der Waals surface area contributed by atoms with Gasteiger partial charge in [0.05, 0.1) is 13.0 Å². The van der Waals surface area contributed by atoms with Crippen molar-refractivity contribution in [3.63, 3.8) is 0 Å². The minimum absolute atomic E-state index is 0.193. The van der Waals surface area contributed by atoms with Crippen molar-refractivity contribution < 1.29 is 9.53 Å². The number of carbonyl (C=O) groups is 1. The molecule has 16 heavy (non-hydrogen) atoms. The lowest BCUT2D eigenvalue weighted by molar-refractivity contribution is -0.142. The standard InChI is InChI=1S/C11H13ClN2O2/c1-2-16-10(15)5-3-4-8-9(13)6-7-14-11(8)12/h3-4,6-7H,2,5H2,1H3,(H2,13,14). The smallest absolute Gasteiger partial charge is 0.309 e. The van der Waals surface area contributed by atoms with Crippen molar-refractivity contribution in [3.05, 3.63) is 29.1 Å². The number of halogens is 1. The zero-order chi connectivity index (χ0) is 12.0. The zero-order valence-electron chi connectivity index (χ0n) is 8.94. The highest BCUT2D eigenvalue weighted by molar-refractivity contribution is 6.31. The van der Waals surface area contributed by atoms with E-state index < -0.39 is 0 Å². The van der Waals surface area contributed by atoms with E-state index in [1.54, 1.807) is 25.1 Å². The fourth-order valence-corrected chi connectivity index (χ4v) is 1.35. The molecule has 1 rings (SSSR count). The van der Waals surface area contributed by atoms with Gasteiger partial charge in [0, 0.05) is 17.4 Å². The predicted molar refractivity (Wildman–Crippen MR) is 63.9 cm³/mol. The number of pyridine rings is 1. The number of nitrogen functional groups attached to an aromatic ring is 1. The van der Waals surface area contributed by atoms with Crippen LogP contribution in [0.1, 0.15) is 18.9 Å². The van der Waals surface area contributed by atoms with Gasteiger partial charge in [-0.3, -0.25) is 4.79 Å². The van der Waals surface area contributed by atoms with Gasteiger partial charge < -0.3 is 10.5 Å². The molecule has 1 heterocycles. The molecule has 5 heteroatoms. The van der Waals surface area contributed by atoms with E-state index in [1.165, 1.54) is 6.20 Å². The van der Waals surface area contributed by atoms with E-state index in [2.05, 4.69) is 4.98 Å². The third kappa shape index (κ3) is 3.55. The number of anilines is 1. The molecule has 0 saturated heterocycles. The summed E-state index contributed by atoms with van der Waals surface area (Å²) in [6.07, 6.45) is 5.04. The van der Waals surface area contributed by atoms with Gasteiger partial charge in [-0.25, -0.2) is 4.98 Å². The van der Waals surface area contributed by atoms with Gasteiger partial charge in [-0.1, -0.05) is 23.8 Å². The molecule has 0 atom stereocenters. The first-order valence-electron chi connectivity index (χ1n) is 4.87. The molecule has 0 radical (unpaired) electrons. The van der Waals surface area contributed by atoms with Crippen LogP contribution in [-0.2, 0) is 9.53 Å². The maximum Gasteiger partial charge on any atom is 0.309 e. The Balaban J connectivity index is 2.66. The molecule has 0 aromatic carbocycles. The number of carbonyl (C=O) groups excluding carboxylic acids is 1. The number of hydrogen-bond acceptors (Lipinski definition) is 4. The van der Waals surface area contributed by atoms with Gasteiger partial charge in [0.25, 0.3) is 0 Å². The number of esters is 1. The molecular formula is C11H13ClN2O2. The summed E-state index contributed by atoms with van der Waals surface area (Å²) in [6.45, 7) is 2.14. The van der Waals surface area contributed by atoms with Crippen molar-refractivity contribution in [2.75, 3.05) is 12.3 Å². The molecule has 1 aromatic rings. The lowest BCUT2D eigenvalue weighted by atomic mass is 10.2. The van der Waals surface area contributed by atoms with Crippen LogP contribution in [0.4, 0.5) is 5.69 Å². The maximum absolute atomic E-state index is 11.0. The monoisotopic (exact) mass is 240 g/mol. The molecule has 0 aliphatic rings. The SMILES string of the molecule is CCOC(=O)CC=Cc1c(N)ccnc1Cl. The average molecular weight is 241 g/mol. The highest BCUT2D eigenvalue weighted by Crippen LogP contribution is 2.20. The van der Waals surface area contributed by atoms with Crippen LogP contribution in [0.5, 0.6) is 0 Å². The van der Waals surface area contributed by atoms with Crippen LogP contribution in [0.25, 0.3) is 6.08 Å². The van der Waals surface area contributed by atoms with Gasteiger partial charge in [0.2, 0.25) is 0 Å². The molecule has 4 nitrogen and oxygen atoms in total. The summed E-state index contributed by atoms with van der Waals surface area (Å²) in [5.41, 5.74) is 6.85. The zero-order valence-corrected chi connectivity index (χ0v) is 9.70. The Labute approximate surface area is 99.1 Å². The van der Waals surface area contributed by atoms with Gasteiger partial charge in [-0.05, 0) is 13.0 Å². The minimum Gasteiger partial charge on any atom is -0.466 e. The molecular weight excluding hydrogens is 228 g/mol. The van der Waals surface area contributed by atoms with E-state index in [1.807, 2.05) is 0 Å². The highest BCUT2D eigenvalue weighted by Gasteiger charge is 2.02. The Morgan fingerprint density at radius 1 is 1.69 bits per heavy atom. The Morgan fingerprint density at radius 2 is 2.44 bits per heavy atom. The summed E-state index contributed by atoms with van der Waals surface area (Å²) >= 11 is 5.85. The van der Waals surface area contributed by atoms with Crippen LogP contribution < -0.4 is 5.73 Å². The molecule has 1 aromatic heterocycles. The van der Waals surface area contributed by atoms with Crippen LogP contribution in [0.3, 0.4) is 0 Å². The van der Waals surface area contributed by atoms with Gasteiger partial charge >= 0.3 is 5.97 Å². The first-order chi connectivity index (χ1) is 7.65. The van der Waals surface area contributed by atoms with E-state index in [0.717, 1.165) is 0 Å². The molecule has 0 amide bonds. The highest BCUT2D eigenvalue weighted by atomic mass is 35.5. The summed E-state index contributed by atoms with van der Waals surface area (Å²) in [5.74, 6) is -0.280. The second kappa shape index (κ2) is 6.12. The normalized spacial score (nSPS) is 10.6. The lowest BCUT2D eigenvalue weighted by Crippen LogP contribution is -2.01. The van der Waals surface area contributed by atoms with Gasteiger partial charge in [-0.2, -0.15) is 0 Å². The average Bonchev–Trinajstić information content (AvgIpc) is 2.23. The molecule has 0 spiro atoms. The largest absolute Gasteiger partial charge is 0.466 e. The molecule has 0 saturated carbocycles. The second-order valence-corrected chi connectivity index (χ2v) is 3.37.